The zero-order valence-electron chi connectivity index (χ0n) is 6.51. The van der Waals surface area contributed by atoms with Crippen molar-refractivity contribution in [3.8, 4) is 0 Å². The third kappa shape index (κ3) is 5.97. The van der Waals surface area contributed by atoms with Gasteiger partial charge in [0.25, 0.3) is 0 Å². The Morgan fingerprint density at radius 3 is 2.10 bits per heavy atom. The maximum atomic E-state index is 5.61. The zero-order chi connectivity index (χ0) is 8.20. The lowest BCUT2D eigenvalue weighted by atomic mass is 10.1. The van der Waals surface area contributed by atoms with Gasteiger partial charge in [-0.3, -0.25) is 0 Å². The standard InChI is InChI=1S/C6H18N4/c1-2-5(7)3-4-6(8,9)10/h5H,2-4,7-10H2,1H3. The molecule has 0 aromatic rings. The molecule has 0 saturated carbocycles. The summed E-state index contributed by atoms with van der Waals surface area (Å²) in [5, 5.41) is 0. The van der Waals surface area contributed by atoms with Crippen molar-refractivity contribution in [2.45, 2.75) is 38.0 Å². The molecule has 0 aromatic heterocycles. The molecule has 0 rings (SSSR count). The molecule has 8 N–H and O–H groups in total. The average Bonchev–Trinajstić information content (AvgIpc) is 1.81. The molecule has 10 heavy (non-hydrogen) atoms. The Balaban J connectivity index is 3.36. The van der Waals surface area contributed by atoms with Crippen molar-refractivity contribution >= 4 is 0 Å². The molecule has 1 atom stereocenters. The van der Waals surface area contributed by atoms with Gasteiger partial charge in [-0.2, -0.15) is 0 Å². The van der Waals surface area contributed by atoms with Gasteiger partial charge in [-0.25, -0.2) is 0 Å². The van der Waals surface area contributed by atoms with Crippen LogP contribution in [-0.2, 0) is 0 Å². The summed E-state index contributed by atoms with van der Waals surface area (Å²) in [7, 11) is 0. The van der Waals surface area contributed by atoms with E-state index in [9.17, 15) is 0 Å². The van der Waals surface area contributed by atoms with Crippen molar-refractivity contribution in [3.63, 3.8) is 0 Å². The maximum absolute atomic E-state index is 5.61. The first-order valence-corrected chi connectivity index (χ1v) is 3.58. The Labute approximate surface area is 61.9 Å². The Kier molecular flexibility index (Phi) is 3.81. The Morgan fingerprint density at radius 1 is 1.30 bits per heavy atom. The fraction of sp³-hybridized carbons (Fsp3) is 1.00. The normalized spacial score (nSPS) is 15.3. The highest BCUT2D eigenvalue weighted by Crippen LogP contribution is 2.01. The fourth-order valence-corrected chi connectivity index (χ4v) is 0.640. The van der Waals surface area contributed by atoms with Crippen LogP contribution in [0, 0.1) is 0 Å². The van der Waals surface area contributed by atoms with E-state index in [-0.39, 0.29) is 6.04 Å². The molecule has 4 heteroatoms. The van der Waals surface area contributed by atoms with E-state index in [1.54, 1.807) is 0 Å². The predicted molar refractivity (Wildman–Crippen MR) is 42.8 cm³/mol. The summed E-state index contributed by atoms with van der Waals surface area (Å²) in [5.74, 6) is -1.05. The van der Waals surface area contributed by atoms with Crippen LogP contribution < -0.4 is 22.9 Å². The van der Waals surface area contributed by atoms with Gasteiger partial charge in [-0.05, 0) is 19.3 Å². The van der Waals surface area contributed by atoms with E-state index in [4.69, 9.17) is 22.9 Å². The van der Waals surface area contributed by atoms with Crippen LogP contribution in [0.15, 0.2) is 0 Å². The smallest absolute Gasteiger partial charge is 0.115 e. The second-order valence-electron chi connectivity index (χ2n) is 2.82. The van der Waals surface area contributed by atoms with Crippen molar-refractivity contribution < 1.29 is 0 Å². The third-order valence-electron chi connectivity index (χ3n) is 1.47. The van der Waals surface area contributed by atoms with Crippen molar-refractivity contribution in [3.05, 3.63) is 0 Å². The summed E-state index contributed by atoms with van der Waals surface area (Å²) in [6, 6.07) is 0.176. The van der Waals surface area contributed by atoms with Gasteiger partial charge in [0.1, 0.15) is 5.79 Å². The SMILES string of the molecule is CCC(N)CCC(N)(N)N. The fourth-order valence-electron chi connectivity index (χ4n) is 0.640. The van der Waals surface area contributed by atoms with Gasteiger partial charge >= 0.3 is 0 Å². The highest BCUT2D eigenvalue weighted by molar-refractivity contribution is 4.71. The Hall–Kier alpha value is -0.160. The molecule has 0 spiro atoms. The van der Waals surface area contributed by atoms with E-state index >= 15 is 0 Å². The maximum Gasteiger partial charge on any atom is 0.115 e. The zero-order valence-corrected chi connectivity index (χ0v) is 6.51. The van der Waals surface area contributed by atoms with Crippen LogP contribution in [0.3, 0.4) is 0 Å². The van der Waals surface area contributed by atoms with Crippen LogP contribution in [0.25, 0.3) is 0 Å². The predicted octanol–water partition coefficient (Wildman–Crippen LogP) is -0.966. The summed E-state index contributed by atoms with van der Waals surface area (Å²) in [6.07, 6.45) is 2.30. The number of hydrogen-bond donors (Lipinski definition) is 4. The topological polar surface area (TPSA) is 104 Å². The molecule has 62 valence electrons. The lowest BCUT2D eigenvalue weighted by molar-refractivity contribution is 0.387. The van der Waals surface area contributed by atoms with Gasteiger partial charge in [0.15, 0.2) is 0 Å². The first-order valence-electron chi connectivity index (χ1n) is 3.58. The van der Waals surface area contributed by atoms with Gasteiger partial charge in [0, 0.05) is 6.04 Å². The van der Waals surface area contributed by atoms with Crippen molar-refractivity contribution in [1.29, 1.82) is 0 Å². The summed E-state index contributed by atoms with van der Waals surface area (Å²) in [6.45, 7) is 2.02. The molecule has 0 aromatic carbocycles. The van der Waals surface area contributed by atoms with E-state index in [1.807, 2.05) is 6.92 Å². The largest absolute Gasteiger partial charge is 0.328 e. The van der Waals surface area contributed by atoms with Gasteiger partial charge in [-0.1, -0.05) is 6.92 Å². The van der Waals surface area contributed by atoms with Crippen LogP contribution in [0.1, 0.15) is 26.2 Å². The summed E-state index contributed by atoms with van der Waals surface area (Å²) >= 11 is 0. The second-order valence-corrected chi connectivity index (χ2v) is 2.82. The van der Waals surface area contributed by atoms with Crippen LogP contribution in [-0.4, -0.2) is 11.8 Å². The van der Waals surface area contributed by atoms with Gasteiger partial charge in [0.2, 0.25) is 0 Å². The first-order chi connectivity index (χ1) is 4.45. The molecule has 0 aliphatic carbocycles. The third-order valence-corrected chi connectivity index (χ3v) is 1.47. The van der Waals surface area contributed by atoms with Crippen molar-refractivity contribution in [2.75, 3.05) is 0 Å². The van der Waals surface area contributed by atoms with Crippen molar-refractivity contribution in [2.24, 2.45) is 22.9 Å². The van der Waals surface area contributed by atoms with Crippen molar-refractivity contribution in [1.82, 2.24) is 0 Å². The lowest BCUT2D eigenvalue weighted by Gasteiger charge is -2.19. The second kappa shape index (κ2) is 3.88. The Morgan fingerprint density at radius 2 is 1.80 bits per heavy atom. The molecule has 0 bridgehead atoms. The molecule has 0 fully saturated rings. The lowest BCUT2D eigenvalue weighted by Crippen LogP contribution is -2.58. The van der Waals surface area contributed by atoms with E-state index < -0.39 is 5.79 Å². The molecule has 0 heterocycles. The molecule has 1 unspecified atom stereocenters. The first kappa shape index (κ1) is 9.84. The molecular formula is C6H18N4. The Bertz CT molecular complexity index is 86.2. The minimum absolute atomic E-state index is 0.176. The van der Waals surface area contributed by atoms with Gasteiger partial charge < -0.3 is 22.9 Å². The van der Waals surface area contributed by atoms with Gasteiger partial charge in [-0.15, -0.1) is 0 Å². The highest BCUT2D eigenvalue weighted by atomic mass is 15.1. The summed E-state index contributed by atoms with van der Waals surface area (Å²) in [4.78, 5) is 0. The molecule has 4 nitrogen and oxygen atoms in total. The van der Waals surface area contributed by atoms with E-state index in [0.29, 0.717) is 6.42 Å². The molecule has 0 saturated heterocycles. The summed E-state index contributed by atoms with van der Waals surface area (Å²) < 4.78 is 0. The van der Waals surface area contributed by atoms with Crippen LogP contribution in [0.4, 0.5) is 0 Å². The molecule has 0 radical (unpaired) electrons. The van der Waals surface area contributed by atoms with E-state index in [1.165, 1.54) is 0 Å². The van der Waals surface area contributed by atoms with Crippen LogP contribution in [0.2, 0.25) is 0 Å². The van der Waals surface area contributed by atoms with Gasteiger partial charge in [0.05, 0.1) is 0 Å². The number of nitrogens with two attached hydrogens (primary N) is 4. The monoisotopic (exact) mass is 146 g/mol. The summed E-state index contributed by atoms with van der Waals surface area (Å²) in [5.41, 5.74) is 21.6. The van der Waals surface area contributed by atoms with Crippen LogP contribution >= 0.6 is 0 Å². The molecular weight excluding hydrogens is 128 g/mol. The quantitative estimate of drug-likeness (QED) is 0.383. The molecule has 0 amide bonds. The number of rotatable bonds is 4. The minimum atomic E-state index is -1.05. The average molecular weight is 146 g/mol. The highest BCUT2D eigenvalue weighted by Gasteiger charge is 2.12. The molecule has 0 aliphatic rings. The van der Waals surface area contributed by atoms with E-state index in [0.717, 1.165) is 12.8 Å². The van der Waals surface area contributed by atoms with E-state index in [2.05, 4.69) is 0 Å². The number of hydrogen-bond acceptors (Lipinski definition) is 4. The van der Waals surface area contributed by atoms with Crippen LogP contribution in [0.5, 0.6) is 0 Å². The minimum Gasteiger partial charge on any atom is -0.328 e. The molecule has 0 aliphatic heterocycles.